The van der Waals surface area contributed by atoms with Gasteiger partial charge >= 0.3 is 0 Å². The van der Waals surface area contributed by atoms with Crippen molar-refractivity contribution in [3.63, 3.8) is 0 Å². The summed E-state index contributed by atoms with van der Waals surface area (Å²) in [6, 6.07) is 8.07. The number of hydrogen-bond donors (Lipinski definition) is 0. The molecule has 1 fully saturated rings. The summed E-state index contributed by atoms with van der Waals surface area (Å²) >= 11 is 0. The molecule has 1 aromatic carbocycles. The molecule has 2 aliphatic rings. The Morgan fingerprint density at radius 1 is 1.16 bits per heavy atom. The van der Waals surface area contributed by atoms with Crippen LogP contribution in [0.15, 0.2) is 36.7 Å². The van der Waals surface area contributed by atoms with Gasteiger partial charge in [0.2, 0.25) is 0 Å². The Bertz CT molecular complexity index is 1150. The molecule has 0 bridgehead atoms. The predicted octanol–water partition coefficient (Wildman–Crippen LogP) is 3.36. The van der Waals surface area contributed by atoms with E-state index in [2.05, 4.69) is 17.2 Å². The number of hydrogen-bond acceptors (Lipinski definition) is 5. The van der Waals surface area contributed by atoms with Crippen LogP contribution in [0.2, 0.25) is 0 Å². The Hall–Kier alpha value is -3.06. The molecule has 7 nitrogen and oxygen atoms in total. The first-order valence-corrected chi connectivity index (χ1v) is 10.7. The van der Waals surface area contributed by atoms with Gasteiger partial charge in [0.15, 0.2) is 11.5 Å². The molecule has 2 aliphatic heterocycles. The number of carbonyl (C=O) groups excluding carboxylic acids is 1. The summed E-state index contributed by atoms with van der Waals surface area (Å²) in [7, 11) is 3.31. The number of pyridine rings is 1. The largest absolute Gasteiger partial charge is 0.493 e. The average molecular weight is 421 g/mol. The zero-order chi connectivity index (χ0) is 21.6. The maximum atomic E-state index is 13.3. The van der Waals surface area contributed by atoms with Crippen LogP contribution in [0, 0.1) is 6.92 Å². The van der Waals surface area contributed by atoms with E-state index in [1.165, 1.54) is 5.56 Å². The number of aryl methyl sites for hydroxylation is 1. The fourth-order valence-corrected chi connectivity index (χ4v) is 5.01. The molecule has 7 heteroatoms. The number of piperidine rings is 1. The second-order valence-electron chi connectivity index (χ2n) is 8.29. The molecule has 0 aliphatic carbocycles. The van der Waals surface area contributed by atoms with Crippen LogP contribution in [0.25, 0.3) is 5.52 Å². The summed E-state index contributed by atoms with van der Waals surface area (Å²) < 4.78 is 19.2. The number of methoxy groups -OCH3 is 2. The van der Waals surface area contributed by atoms with Gasteiger partial charge in [0.05, 0.1) is 43.7 Å². The number of benzene rings is 1. The number of fused-ring (bicyclic) bond motifs is 3. The number of carbonyl (C=O) groups is 1. The Kier molecular flexibility index (Phi) is 4.85. The smallest absolute Gasteiger partial charge is 0.257 e. The highest BCUT2D eigenvalue weighted by molar-refractivity contribution is 6.01. The van der Waals surface area contributed by atoms with Crippen LogP contribution in [0.3, 0.4) is 0 Å². The van der Waals surface area contributed by atoms with Crippen LogP contribution in [0.1, 0.15) is 39.9 Å². The standard InChI is InChI=1S/C24H27N3O4/c1-16-5-4-9-27-22(16)18(15-25-27)23(28)26-10-7-24(8-11-26)19-14-21(30-3)20(29-2)13-17(19)6-12-31-24/h4-5,9,13-15H,6-8,10-12H2,1-3H3. The first-order chi connectivity index (χ1) is 15.1. The quantitative estimate of drug-likeness (QED) is 0.649. The summed E-state index contributed by atoms with van der Waals surface area (Å²) in [4.78, 5) is 15.2. The molecule has 1 spiro atoms. The molecule has 31 heavy (non-hydrogen) atoms. The fraction of sp³-hybridized carbons (Fsp3) is 0.417. The zero-order valence-electron chi connectivity index (χ0n) is 18.2. The van der Waals surface area contributed by atoms with Gasteiger partial charge < -0.3 is 19.1 Å². The molecule has 1 amide bonds. The van der Waals surface area contributed by atoms with E-state index in [0.717, 1.165) is 41.7 Å². The highest BCUT2D eigenvalue weighted by Gasteiger charge is 2.42. The van der Waals surface area contributed by atoms with Crippen molar-refractivity contribution < 1.29 is 19.0 Å². The van der Waals surface area contributed by atoms with Crippen molar-refractivity contribution in [2.45, 2.75) is 31.8 Å². The van der Waals surface area contributed by atoms with Crippen LogP contribution >= 0.6 is 0 Å². The second-order valence-corrected chi connectivity index (χ2v) is 8.29. The molecule has 0 atom stereocenters. The minimum absolute atomic E-state index is 0.0301. The lowest BCUT2D eigenvalue weighted by molar-refractivity contribution is -0.0936. The van der Waals surface area contributed by atoms with Gasteiger partial charge in [0, 0.05) is 19.3 Å². The Balaban J connectivity index is 1.41. The van der Waals surface area contributed by atoms with E-state index >= 15 is 0 Å². The number of amides is 1. The molecule has 0 radical (unpaired) electrons. The Morgan fingerprint density at radius 3 is 2.65 bits per heavy atom. The minimum Gasteiger partial charge on any atom is -0.493 e. The van der Waals surface area contributed by atoms with Crippen molar-refractivity contribution in [3.05, 3.63) is 58.9 Å². The van der Waals surface area contributed by atoms with Gasteiger partial charge in [0.1, 0.15) is 0 Å². The lowest BCUT2D eigenvalue weighted by atomic mass is 9.79. The normalized spacial score (nSPS) is 17.6. The van der Waals surface area contributed by atoms with E-state index in [1.807, 2.05) is 30.2 Å². The van der Waals surface area contributed by atoms with E-state index in [1.54, 1.807) is 24.9 Å². The molecule has 3 aromatic rings. The van der Waals surface area contributed by atoms with E-state index < -0.39 is 0 Å². The highest BCUT2D eigenvalue weighted by atomic mass is 16.5. The number of likely N-dealkylation sites (tertiary alicyclic amines) is 1. The second kappa shape index (κ2) is 7.57. The van der Waals surface area contributed by atoms with Crippen molar-refractivity contribution in [2.75, 3.05) is 33.9 Å². The molecule has 2 aromatic heterocycles. The molecule has 4 heterocycles. The van der Waals surface area contributed by atoms with Crippen LogP contribution in [-0.4, -0.2) is 54.3 Å². The van der Waals surface area contributed by atoms with Gasteiger partial charge in [-0.3, -0.25) is 4.79 Å². The molecule has 0 unspecified atom stereocenters. The SMILES string of the molecule is COc1cc2c(cc1OC)C1(CCN(C(=O)c3cnn4cccc(C)c34)CC1)OCC2. The predicted molar refractivity (Wildman–Crippen MR) is 116 cm³/mol. The van der Waals surface area contributed by atoms with Crippen molar-refractivity contribution in [1.82, 2.24) is 14.5 Å². The maximum Gasteiger partial charge on any atom is 0.257 e. The van der Waals surface area contributed by atoms with Crippen molar-refractivity contribution in [2.24, 2.45) is 0 Å². The van der Waals surface area contributed by atoms with E-state index in [-0.39, 0.29) is 11.5 Å². The maximum absolute atomic E-state index is 13.3. The molecule has 0 N–H and O–H groups in total. The topological polar surface area (TPSA) is 65.3 Å². The monoisotopic (exact) mass is 421 g/mol. The van der Waals surface area contributed by atoms with Gasteiger partial charge in [-0.25, -0.2) is 4.52 Å². The summed E-state index contributed by atoms with van der Waals surface area (Å²) in [6.45, 7) is 3.95. The molecule has 1 saturated heterocycles. The molecular weight excluding hydrogens is 394 g/mol. The van der Waals surface area contributed by atoms with Crippen LogP contribution in [0.4, 0.5) is 0 Å². The van der Waals surface area contributed by atoms with Gasteiger partial charge in [-0.15, -0.1) is 0 Å². The van der Waals surface area contributed by atoms with Crippen molar-refractivity contribution >= 4 is 11.4 Å². The molecule has 0 saturated carbocycles. The van der Waals surface area contributed by atoms with Crippen molar-refractivity contribution in [1.29, 1.82) is 0 Å². The third-order valence-corrected chi connectivity index (χ3v) is 6.68. The summed E-state index contributed by atoms with van der Waals surface area (Å²) in [5.74, 6) is 1.49. The Labute approximate surface area is 181 Å². The first-order valence-electron chi connectivity index (χ1n) is 10.7. The molecular formula is C24H27N3O4. The number of aromatic nitrogens is 2. The highest BCUT2D eigenvalue weighted by Crippen LogP contribution is 2.45. The summed E-state index contributed by atoms with van der Waals surface area (Å²) in [5.41, 5.74) is 4.59. The van der Waals surface area contributed by atoms with E-state index in [4.69, 9.17) is 14.2 Å². The van der Waals surface area contributed by atoms with Crippen LogP contribution < -0.4 is 9.47 Å². The first kappa shape index (κ1) is 19.9. The average Bonchev–Trinajstić information content (AvgIpc) is 3.24. The third-order valence-electron chi connectivity index (χ3n) is 6.68. The zero-order valence-corrected chi connectivity index (χ0v) is 18.2. The van der Waals surface area contributed by atoms with Gasteiger partial charge in [-0.1, -0.05) is 6.07 Å². The van der Waals surface area contributed by atoms with E-state index in [9.17, 15) is 4.79 Å². The number of rotatable bonds is 3. The van der Waals surface area contributed by atoms with Gasteiger partial charge in [0.25, 0.3) is 5.91 Å². The fourth-order valence-electron chi connectivity index (χ4n) is 5.01. The third kappa shape index (κ3) is 3.15. The lowest BCUT2D eigenvalue weighted by Crippen LogP contribution is -2.48. The summed E-state index contributed by atoms with van der Waals surface area (Å²) in [6.07, 6.45) is 5.90. The van der Waals surface area contributed by atoms with Crippen LogP contribution in [0.5, 0.6) is 11.5 Å². The number of ether oxygens (including phenoxy) is 3. The Morgan fingerprint density at radius 2 is 1.90 bits per heavy atom. The molecule has 162 valence electrons. The van der Waals surface area contributed by atoms with Crippen LogP contribution in [-0.2, 0) is 16.8 Å². The minimum atomic E-state index is -0.388. The van der Waals surface area contributed by atoms with E-state index in [0.29, 0.717) is 31.0 Å². The molecule has 5 rings (SSSR count). The van der Waals surface area contributed by atoms with Gasteiger partial charge in [-0.2, -0.15) is 5.10 Å². The lowest BCUT2D eigenvalue weighted by Gasteiger charge is -2.45. The number of nitrogens with zero attached hydrogens (tertiary/aromatic N) is 3. The summed E-state index contributed by atoms with van der Waals surface area (Å²) in [5, 5.41) is 4.36. The van der Waals surface area contributed by atoms with Crippen molar-refractivity contribution in [3.8, 4) is 11.5 Å². The van der Waals surface area contributed by atoms with Gasteiger partial charge in [-0.05, 0) is 61.1 Å².